The molecule has 0 saturated heterocycles. The third kappa shape index (κ3) is 3.77. The summed E-state index contributed by atoms with van der Waals surface area (Å²) in [5.74, 6) is -0.290. The van der Waals surface area contributed by atoms with Crippen LogP contribution in [-0.4, -0.2) is 22.5 Å². The van der Waals surface area contributed by atoms with Crippen molar-refractivity contribution in [2.45, 2.75) is 13.8 Å². The minimum atomic E-state index is -0.478. The smallest absolute Gasteiger partial charge is 0.348 e. The first kappa shape index (κ1) is 18.8. The minimum absolute atomic E-state index is 0.188. The van der Waals surface area contributed by atoms with Gasteiger partial charge in [-0.15, -0.1) is 11.3 Å². The number of aryl methyl sites for hydroxylation is 1. The molecule has 3 rings (SSSR count). The topological polar surface area (TPSA) is 95.8 Å². The molecule has 1 N–H and O–H groups in total. The summed E-state index contributed by atoms with van der Waals surface area (Å²) in [6.07, 6.45) is 1.61. The Balaban J connectivity index is 2.08. The van der Waals surface area contributed by atoms with Gasteiger partial charge in [-0.3, -0.25) is 4.79 Å². The molecule has 1 aromatic carbocycles. The Hall–Kier alpha value is -2.95. The quantitative estimate of drug-likeness (QED) is 0.667. The standard InChI is InChI=1S/C19H14ClN3O3S/c1-3-26-19(25)15-10(2)14-17(24)22-16(23-18(14)27-15)13(20)8-11-5-4-6-12(7-11)9-21/h4-8H,3H2,1-2H3,(H,22,23,24)/b13-8-. The lowest BCUT2D eigenvalue weighted by atomic mass is 10.1. The van der Waals surface area contributed by atoms with Gasteiger partial charge in [0.2, 0.25) is 0 Å². The van der Waals surface area contributed by atoms with E-state index in [0.717, 1.165) is 11.3 Å². The number of ether oxygens (including phenoxy) is 1. The molecular weight excluding hydrogens is 386 g/mol. The molecule has 0 radical (unpaired) electrons. The van der Waals surface area contributed by atoms with Gasteiger partial charge in [0.1, 0.15) is 9.71 Å². The normalized spacial score (nSPS) is 11.4. The third-order valence-electron chi connectivity index (χ3n) is 3.80. The maximum Gasteiger partial charge on any atom is 0.348 e. The Kier molecular flexibility index (Phi) is 5.40. The van der Waals surface area contributed by atoms with Crippen LogP contribution in [0.5, 0.6) is 0 Å². The highest BCUT2D eigenvalue weighted by molar-refractivity contribution is 7.20. The number of benzene rings is 1. The number of aromatic nitrogens is 2. The average molecular weight is 400 g/mol. The first-order valence-corrected chi connectivity index (χ1v) is 9.22. The summed E-state index contributed by atoms with van der Waals surface area (Å²) in [6, 6.07) is 8.94. The van der Waals surface area contributed by atoms with Crippen molar-refractivity contribution in [3.63, 3.8) is 0 Å². The van der Waals surface area contributed by atoms with E-state index in [2.05, 4.69) is 16.0 Å². The van der Waals surface area contributed by atoms with Crippen LogP contribution in [0.2, 0.25) is 0 Å². The number of H-pyrrole nitrogens is 1. The Morgan fingerprint density at radius 1 is 1.48 bits per heavy atom. The van der Waals surface area contributed by atoms with Crippen LogP contribution >= 0.6 is 22.9 Å². The average Bonchev–Trinajstić information content (AvgIpc) is 2.99. The predicted octanol–water partition coefficient (Wildman–Crippen LogP) is 4.08. The predicted molar refractivity (Wildman–Crippen MR) is 106 cm³/mol. The molecule has 0 aliphatic carbocycles. The zero-order valence-corrected chi connectivity index (χ0v) is 16.1. The molecule has 2 aromatic heterocycles. The molecule has 0 spiro atoms. The third-order valence-corrected chi connectivity index (χ3v) is 5.25. The lowest BCUT2D eigenvalue weighted by Crippen LogP contribution is -2.10. The van der Waals surface area contributed by atoms with Crippen LogP contribution in [-0.2, 0) is 4.74 Å². The number of nitriles is 1. The van der Waals surface area contributed by atoms with Crippen molar-refractivity contribution in [2.24, 2.45) is 0 Å². The van der Waals surface area contributed by atoms with E-state index in [4.69, 9.17) is 21.6 Å². The first-order valence-electron chi connectivity index (χ1n) is 8.02. The molecule has 0 fully saturated rings. The van der Waals surface area contributed by atoms with Gasteiger partial charge in [-0.2, -0.15) is 5.26 Å². The highest BCUT2D eigenvalue weighted by atomic mass is 35.5. The maximum absolute atomic E-state index is 12.5. The Labute approximate surface area is 163 Å². The molecule has 0 saturated carbocycles. The monoisotopic (exact) mass is 399 g/mol. The van der Waals surface area contributed by atoms with Crippen molar-refractivity contribution in [3.8, 4) is 6.07 Å². The van der Waals surface area contributed by atoms with E-state index >= 15 is 0 Å². The number of carbonyl (C=O) groups is 1. The summed E-state index contributed by atoms with van der Waals surface area (Å²) in [4.78, 5) is 32.3. The molecule has 0 amide bonds. The van der Waals surface area contributed by atoms with E-state index < -0.39 is 5.97 Å². The van der Waals surface area contributed by atoms with Crippen molar-refractivity contribution in [2.75, 3.05) is 6.61 Å². The molecule has 0 aliphatic heterocycles. The van der Waals surface area contributed by atoms with Crippen molar-refractivity contribution in [1.29, 1.82) is 5.26 Å². The molecular formula is C19H14ClN3O3S. The van der Waals surface area contributed by atoms with Crippen molar-refractivity contribution in [3.05, 3.63) is 62.0 Å². The van der Waals surface area contributed by atoms with E-state index in [1.165, 1.54) is 0 Å². The lowest BCUT2D eigenvalue weighted by Gasteiger charge is -2.01. The van der Waals surface area contributed by atoms with Gasteiger partial charge >= 0.3 is 5.97 Å². The lowest BCUT2D eigenvalue weighted by molar-refractivity contribution is 0.0531. The van der Waals surface area contributed by atoms with Gasteiger partial charge in [0.05, 0.1) is 28.7 Å². The number of aromatic amines is 1. The number of fused-ring (bicyclic) bond motifs is 1. The molecule has 2 heterocycles. The minimum Gasteiger partial charge on any atom is -0.462 e. The fourth-order valence-corrected chi connectivity index (χ4v) is 3.85. The molecule has 0 unspecified atom stereocenters. The van der Waals surface area contributed by atoms with Gasteiger partial charge in [-0.25, -0.2) is 9.78 Å². The fraction of sp³-hybridized carbons (Fsp3) is 0.158. The second-order valence-corrected chi connectivity index (χ2v) is 7.01. The number of thiophene rings is 1. The van der Waals surface area contributed by atoms with Crippen molar-refractivity contribution < 1.29 is 9.53 Å². The van der Waals surface area contributed by atoms with Crippen molar-refractivity contribution >= 4 is 50.2 Å². The Bertz CT molecular complexity index is 1170. The summed E-state index contributed by atoms with van der Waals surface area (Å²) in [6.45, 7) is 3.65. The van der Waals surface area contributed by atoms with Gasteiger partial charge in [-0.05, 0) is 43.2 Å². The Morgan fingerprint density at radius 2 is 2.26 bits per heavy atom. The van der Waals surface area contributed by atoms with E-state index in [1.54, 1.807) is 44.2 Å². The fourth-order valence-electron chi connectivity index (χ4n) is 2.56. The summed E-state index contributed by atoms with van der Waals surface area (Å²) >= 11 is 7.42. The number of hydrogen-bond donors (Lipinski definition) is 1. The van der Waals surface area contributed by atoms with Crippen molar-refractivity contribution in [1.82, 2.24) is 9.97 Å². The largest absolute Gasteiger partial charge is 0.462 e. The number of nitrogens with zero attached hydrogens (tertiary/aromatic N) is 2. The number of carbonyl (C=O) groups excluding carboxylic acids is 1. The number of nitrogens with one attached hydrogen (secondary N) is 1. The van der Waals surface area contributed by atoms with Gasteiger partial charge in [-0.1, -0.05) is 23.7 Å². The van der Waals surface area contributed by atoms with Gasteiger partial charge < -0.3 is 9.72 Å². The van der Waals surface area contributed by atoms with Crippen LogP contribution in [0.1, 0.15) is 39.1 Å². The summed E-state index contributed by atoms with van der Waals surface area (Å²) in [5.41, 5.74) is 1.36. The van der Waals surface area contributed by atoms with E-state index in [1.807, 2.05) is 0 Å². The number of esters is 1. The van der Waals surface area contributed by atoms with Gasteiger partial charge in [0.15, 0.2) is 5.82 Å². The number of halogens is 1. The summed E-state index contributed by atoms with van der Waals surface area (Å²) in [5, 5.41) is 9.54. The number of hydrogen-bond acceptors (Lipinski definition) is 6. The van der Waals surface area contributed by atoms with Gasteiger partial charge in [0.25, 0.3) is 5.56 Å². The second-order valence-electron chi connectivity index (χ2n) is 5.60. The SMILES string of the molecule is CCOC(=O)c1sc2nc(/C(Cl)=C/c3cccc(C#N)c3)[nH]c(=O)c2c1C. The zero-order chi connectivity index (χ0) is 19.6. The van der Waals surface area contributed by atoms with Crippen LogP contribution < -0.4 is 5.56 Å². The molecule has 0 aliphatic rings. The van der Waals surface area contributed by atoms with E-state index in [0.29, 0.717) is 31.8 Å². The van der Waals surface area contributed by atoms with Crippen LogP contribution in [0.15, 0.2) is 29.1 Å². The van der Waals surface area contributed by atoms with Crippen LogP contribution in [0.3, 0.4) is 0 Å². The van der Waals surface area contributed by atoms with E-state index in [-0.39, 0.29) is 23.0 Å². The van der Waals surface area contributed by atoms with E-state index in [9.17, 15) is 9.59 Å². The maximum atomic E-state index is 12.5. The van der Waals surface area contributed by atoms with Crippen LogP contribution in [0, 0.1) is 18.3 Å². The Morgan fingerprint density at radius 3 is 2.96 bits per heavy atom. The number of rotatable bonds is 4. The molecule has 27 heavy (non-hydrogen) atoms. The molecule has 0 bridgehead atoms. The molecule has 8 heteroatoms. The van der Waals surface area contributed by atoms with Crippen LogP contribution in [0.25, 0.3) is 21.3 Å². The molecule has 3 aromatic rings. The highest BCUT2D eigenvalue weighted by Gasteiger charge is 2.20. The molecule has 0 atom stereocenters. The summed E-state index contributed by atoms with van der Waals surface area (Å²) < 4.78 is 5.02. The molecule has 136 valence electrons. The second kappa shape index (κ2) is 7.74. The summed E-state index contributed by atoms with van der Waals surface area (Å²) in [7, 11) is 0. The van der Waals surface area contributed by atoms with Crippen LogP contribution in [0.4, 0.5) is 0 Å². The van der Waals surface area contributed by atoms with Gasteiger partial charge in [0, 0.05) is 0 Å². The zero-order valence-electron chi connectivity index (χ0n) is 14.5. The highest BCUT2D eigenvalue weighted by Crippen LogP contribution is 2.29. The first-order chi connectivity index (χ1) is 12.9. The molecule has 6 nitrogen and oxygen atoms in total.